The molecule has 0 amide bonds. The molecule has 0 saturated carbocycles. The lowest BCUT2D eigenvalue weighted by molar-refractivity contribution is 0.726. The summed E-state index contributed by atoms with van der Waals surface area (Å²) in [7, 11) is 0. The van der Waals surface area contributed by atoms with Crippen molar-refractivity contribution in [3.63, 3.8) is 0 Å². The van der Waals surface area contributed by atoms with E-state index in [0.29, 0.717) is 11.8 Å². The Morgan fingerprint density at radius 3 is 2.06 bits per heavy atom. The molecule has 0 aliphatic heterocycles. The number of hydrogen-bond acceptors (Lipinski definition) is 1. The summed E-state index contributed by atoms with van der Waals surface area (Å²) in [5.41, 5.74) is 9.31. The molecule has 8 rings (SSSR count). The van der Waals surface area contributed by atoms with Gasteiger partial charge in [-0.3, -0.25) is 0 Å². The minimum atomic E-state index is 0.378. The average Bonchev–Trinajstić information content (AvgIpc) is 3.15. The van der Waals surface area contributed by atoms with Crippen LogP contribution in [0.3, 0.4) is 0 Å². The molecule has 6 aromatic carbocycles. The standard InChI is InChI=1S/C46H39N/c1-3-13-39(14-4-1)45(44-23-11-17-37-15-7-9-21-42(37)44)33-34-25-27-35(28-26-34)36-29-31-41(32-30-36)47(40-19-5-2-6-20-40)46-24-12-18-38-16-8-10-22-43(38)46/h1-3,5-13,15-27,29-32,35,45H,4,14,28,33H2. The van der Waals surface area contributed by atoms with Crippen LogP contribution in [0.4, 0.5) is 17.1 Å². The molecular formula is C46H39N. The molecule has 0 bridgehead atoms. The van der Waals surface area contributed by atoms with Crippen LogP contribution in [0, 0.1) is 0 Å². The molecule has 6 aromatic rings. The largest absolute Gasteiger partial charge is 0.310 e. The molecule has 2 aliphatic rings. The topological polar surface area (TPSA) is 3.24 Å². The number of fused-ring (bicyclic) bond motifs is 2. The molecule has 0 aromatic heterocycles. The maximum Gasteiger partial charge on any atom is 0.0540 e. The lowest BCUT2D eigenvalue weighted by Gasteiger charge is -2.28. The molecule has 0 saturated heterocycles. The number of nitrogens with zero attached hydrogens (tertiary/aromatic N) is 1. The first-order chi connectivity index (χ1) is 23.3. The molecular weight excluding hydrogens is 567 g/mol. The summed E-state index contributed by atoms with van der Waals surface area (Å²) >= 11 is 0. The van der Waals surface area contributed by atoms with Crippen molar-refractivity contribution in [2.24, 2.45) is 0 Å². The Bertz CT molecular complexity index is 2140. The van der Waals surface area contributed by atoms with Gasteiger partial charge < -0.3 is 4.90 Å². The number of hydrogen-bond donors (Lipinski definition) is 0. The van der Waals surface area contributed by atoms with Crippen LogP contribution in [0.5, 0.6) is 0 Å². The predicted octanol–water partition coefficient (Wildman–Crippen LogP) is 12.9. The van der Waals surface area contributed by atoms with Crippen LogP contribution >= 0.6 is 0 Å². The van der Waals surface area contributed by atoms with Gasteiger partial charge in [0.1, 0.15) is 0 Å². The van der Waals surface area contributed by atoms with E-state index in [0.717, 1.165) is 31.4 Å². The third kappa shape index (κ3) is 5.98. The van der Waals surface area contributed by atoms with E-state index in [1.165, 1.54) is 49.6 Å². The van der Waals surface area contributed by atoms with Crippen molar-refractivity contribution in [3.05, 3.63) is 198 Å². The van der Waals surface area contributed by atoms with Gasteiger partial charge in [0.05, 0.1) is 5.69 Å². The van der Waals surface area contributed by atoms with Gasteiger partial charge in [-0.05, 0) is 83.3 Å². The van der Waals surface area contributed by atoms with Crippen molar-refractivity contribution in [2.75, 3.05) is 4.90 Å². The number of para-hydroxylation sites is 1. The van der Waals surface area contributed by atoms with Crippen molar-refractivity contribution < 1.29 is 0 Å². The van der Waals surface area contributed by atoms with Gasteiger partial charge in [0.15, 0.2) is 0 Å². The zero-order valence-corrected chi connectivity index (χ0v) is 26.7. The highest BCUT2D eigenvalue weighted by Crippen LogP contribution is 2.42. The first kappa shape index (κ1) is 29.0. The van der Waals surface area contributed by atoms with Gasteiger partial charge in [-0.25, -0.2) is 0 Å². The van der Waals surface area contributed by atoms with Crippen LogP contribution in [0.15, 0.2) is 187 Å². The molecule has 1 nitrogen and oxygen atoms in total. The predicted molar refractivity (Wildman–Crippen MR) is 201 cm³/mol. The zero-order valence-electron chi connectivity index (χ0n) is 26.7. The highest BCUT2D eigenvalue weighted by molar-refractivity contribution is 5.98. The van der Waals surface area contributed by atoms with Gasteiger partial charge in [-0.2, -0.15) is 0 Å². The third-order valence-electron chi connectivity index (χ3n) is 9.91. The fraction of sp³-hybridized carbons (Fsp3) is 0.130. The monoisotopic (exact) mass is 605 g/mol. The van der Waals surface area contributed by atoms with E-state index in [4.69, 9.17) is 0 Å². The van der Waals surface area contributed by atoms with Crippen molar-refractivity contribution in [2.45, 2.75) is 37.5 Å². The lowest BCUT2D eigenvalue weighted by Crippen LogP contribution is -2.10. The second kappa shape index (κ2) is 13.1. The normalized spacial score (nSPS) is 16.6. The van der Waals surface area contributed by atoms with Gasteiger partial charge >= 0.3 is 0 Å². The summed E-state index contributed by atoms with van der Waals surface area (Å²) in [6.45, 7) is 0. The van der Waals surface area contributed by atoms with Crippen LogP contribution in [-0.4, -0.2) is 0 Å². The molecule has 1 heteroatoms. The van der Waals surface area contributed by atoms with E-state index < -0.39 is 0 Å². The summed E-state index contributed by atoms with van der Waals surface area (Å²) < 4.78 is 0. The number of benzene rings is 6. The first-order valence-corrected chi connectivity index (χ1v) is 17.0. The summed E-state index contributed by atoms with van der Waals surface area (Å²) in [5, 5.41) is 5.20. The summed E-state index contributed by atoms with van der Waals surface area (Å²) in [5.74, 6) is 0.763. The minimum Gasteiger partial charge on any atom is -0.310 e. The average molecular weight is 606 g/mol. The zero-order chi connectivity index (χ0) is 31.4. The van der Waals surface area contributed by atoms with E-state index in [9.17, 15) is 0 Å². The van der Waals surface area contributed by atoms with Crippen LogP contribution in [-0.2, 0) is 0 Å². The van der Waals surface area contributed by atoms with E-state index >= 15 is 0 Å². The van der Waals surface area contributed by atoms with E-state index in [1.54, 1.807) is 5.57 Å². The fourth-order valence-electron chi connectivity index (χ4n) is 7.48. The van der Waals surface area contributed by atoms with Gasteiger partial charge in [-0.15, -0.1) is 0 Å². The molecule has 228 valence electrons. The van der Waals surface area contributed by atoms with Crippen LogP contribution in [0.2, 0.25) is 0 Å². The van der Waals surface area contributed by atoms with Crippen LogP contribution in [0.25, 0.3) is 21.5 Å². The van der Waals surface area contributed by atoms with Gasteiger partial charge in [0.25, 0.3) is 0 Å². The number of allylic oxidation sites excluding steroid dienone is 8. The van der Waals surface area contributed by atoms with Gasteiger partial charge in [0.2, 0.25) is 0 Å². The van der Waals surface area contributed by atoms with E-state index in [1.807, 2.05) is 0 Å². The fourth-order valence-corrected chi connectivity index (χ4v) is 7.48. The first-order valence-electron chi connectivity index (χ1n) is 17.0. The van der Waals surface area contributed by atoms with Crippen molar-refractivity contribution >= 4 is 38.6 Å². The van der Waals surface area contributed by atoms with Crippen LogP contribution in [0.1, 0.15) is 48.6 Å². The summed E-state index contributed by atoms with van der Waals surface area (Å²) in [6, 6.07) is 50.8. The smallest absolute Gasteiger partial charge is 0.0540 e. The molecule has 2 atom stereocenters. The Morgan fingerprint density at radius 2 is 1.32 bits per heavy atom. The van der Waals surface area contributed by atoms with Crippen LogP contribution < -0.4 is 4.90 Å². The van der Waals surface area contributed by atoms with E-state index in [-0.39, 0.29) is 0 Å². The third-order valence-corrected chi connectivity index (χ3v) is 9.91. The summed E-state index contributed by atoms with van der Waals surface area (Å²) in [6.07, 6.45) is 18.5. The quantitative estimate of drug-likeness (QED) is 0.167. The van der Waals surface area contributed by atoms with E-state index in [2.05, 4.69) is 181 Å². The Kier molecular flexibility index (Phi) is 8.12. The SMILES string of the molecule is C1=CCCC(C(CC2=CCC(c3ccc(N(c4ccccc4)c4cccc5ccccc45)cc3)C=C2)c2cccc3ccccc23)=C1. The van der Waals surface area contributed by atoms with Gasteiger partial charge in [0, 0.05) is 28.6 Å². The Labute approximate surface area is 278 Å². The second-order valence-corrected chi connectivity index (χ2v) is 12.8. The van der Waals surface area contributed by atoms with Gasteiger partial charge in [-0.1, -0.05) is 157 Å². The Balaban J connectivity index is 1.05. The maximum atomic E-state index is 2.49. The maximum absolute atomic E-state index is 2.49. The minimum absolute atomic E-state index is 0.378. The highest BCUT2D eigenvalue weighted by Gasteiger charge is 2.22. The Morgan fingerprint density at radius 1 is 0.638 bits per heavy atom. The molecule has 0 fully saturated rings. The molecule has 0 heterocycles. The second-order valence-electron chi connectivity index (χ2n) is 12.8. The lowest BCUT2D eigenvalue weighted by atomic mass is 9.78. The summed E-state index contributed by atoms with van der Waals surface area (Å²) in [4.78, 5) is 2.38. The van der Waals surface area contributed by atoms with Crippen molar-refractivity contribution in [1.82, 2.24) is 0 Å². The van der Waals surface area contributed by atoms with Crippen molar-refractivity contribution in [1.29, 1.82) is 0 Å². The number of rotatable bonds is 8. The molecule has 0 radical (unpaired) electrons. The molecule has 0 spiro atoms. The Hall–Kier alpha value is -5.40. The molecule has 2 unspecified atom stereocenters. The highest BCUT2D eigenvalue weighted by atomic mass is 15.1. The molecule has 47 heavy (non-hydrogen) atoms. The number of anilines is 3. The molecule has 0 N–H and O–H groups in total. The molecule has 2 aliphatic carbocycles. The van der Waals surface area contributed by atoms with Crippen molar-refractivity contribution in [3.8, 4) is 0 Å².